The summed E-state index contributed by atoms with van der Waals surface area (Å²) in [6, 6.07) is 0.391. The molecule has 2 unspecified atom stereocenters. The molecule has 2 fully saturated rings. The Labute approximate surface area is 105 Å². The average molecular weight is 238 g/mol. The number of rotatable bonds is 6. The second-order valence-electron chi connectivity index (χ2n) is 5.81. The number of carbonyl (C=O) groups excluding carboxylic acids is 1. The van der Waals surface area contributed by atoms with E-state index < -0.39 is 0 Å². The van der Waals surface area contributed by atoms with E-state index in [9.17, 15) is 4.79 Å². The number of hydrogen-bond donors (Lipinski definition) is 1. The molecule has 2 aliphatic rings. The lowest BCUT2D eigenvalue weighted by Crippen LogP contribution is -2.41. The molecule has 98 valence electrons. The summed E-state index contributed by atoms with van der Waals surface area (Å²) in [4.78, 5) is 14.4. The summed E-state index contributed by atoms with van der Waals surface area (Å²) in [7, 11) is 0. The second kappa shape index (κ2) is 4.97. The maximum Gasteiger partial charge on any atom is 0.244 e. The Morgan fingerprint density at radius 1 is 1.41 bits per heavy atom. The Morgan fingerprint density at radius 3 is 2.65 bits per heavy atom. The van der Waals surface area contributed by atoms with E-state index in [1.165, 1.54) is 25.7 Å². The first kappa shape index (κ1) is 12.9. The first-order chi connectivity index (χ1) is 8.10. The predicted molar refractivity (Wildman–Crippen MR) is 69.6 cm³/mol. The van der Waals surface area contributed by atoms with Gasteiger partial charge in [-0.3, -0.25) is 10.1 Å². The largest absolute Gasteiger partial charge is 0.323 e. The van der Waals surface area contributed by atoms with Crippen LogP contribution in [0.1, 0.15) is 65.7 Å². The van der Waals surface area contributed by atoms with E-state index in [0.29, 0.717) is 11.9 Å². The zero-order chi connectivity index (χ0) is 12.5. The molecule has 1 heterocycles. The molecule has 3 heteroatoms. The van der Waals surface area contributed by atoms with E-state index in [-0.39, 0.29) is 11.7 Å². The van der Waals surface area contributed by atoms with Crippen molar-refractivity contribution in [3.8, 4) is 0 Å². The topological polar surface area (TPSA) is 32.3 Å². The first-order valence-corrected chi connectivity index (χ1v) is 7.21. The lowest BCUT2D eigenvalue weighted by Gasteiger charge is -2.28. The smallest absolute Gasteiger partial charge is 0.244 e. The molecule has 2 rings (SSSR count). The third-order valence-corrected chi connectivity index (χ3v) is 4.25. The minimum absolute atomic E-state index is 0.142. The van der Waals surface area contributed by atoms with Crippen LogP contribution in [0.25, 0.3) is 0 Å². The lowest BCUT2D eigenvalue weighted by molar-refractivity contribution is -0.132. The molecule has 3 nitrogen and oxygen atoms in total. The van der Waals surface area contributed by atoms with Crippen molar-refractivity contribution in [1.29, 1.82) is 0 Å². The number of hydrogen-bond acceptors (Lipinski definition) is 2. The first-order valence-electron chi connectivity index (χ1n) is 7.21. The molecule has 1 saturated carbocycles. The third-order valence-electron chi connectivity index (χ3n) is 4.25. The van der Waals surface area contributed by atoms with Crippen molar-refractivity contribution in [1.82, 2.24) is 10.2 Å². The Kier molecular flexibility index (Phi) is 3.76. The van der Waals surface area contributed by atoms with E-state index in [1.807, 2.05) is 0 Å². The van der Waals surface area contributed by atoms with Gasteiger partial charge in [0, 0.05) is 6.04 Å². The van der Waals surface area contributed by atoms with Gasteiger partial charge in [-0.1, -0.05) is 32.6 Å². The number of nitrogens with one attached hydrogen (secondary N) is 1. The number of amides is 1. The molecule has 0 aromatic carbocycles. The Hall–Kier alpha value is -0.570. The fourth-order valence-corrected chi connectivity index (χ4v) is 3.02. The molecule has 0 radical (unpaired) electrons. The van der Waals surface area contributed by atoms with Gasteiger partial charge in [-0.05, 0) is 33.1 Å². The summed E-state index contributed by atoms with van der Waals surface area (Å²) in [5.74, 6) is 0.355. The van der Waals surface area contributed by atoms with Gasteiger partial charge in [0.1, 0.15) is 0 Å². The highest BCUT2D eigenvalue weighted by atomic mass is 16.2. The highest BCUT2D eigenvalue weighted by molar-refractivity contribution is 5.92. The zero-order valence-electron chi connectivity index (χ0n) is 11.5. The molecular weight excluding hydrogens is 212 g/mol. The van der Waals surface area contributed by atoms with Gasteiger partial charge in [0.05, 0.1) is 11.7 Å². The molecule has 1 amide bonds. The molecule has 1 N–H and O–H groups in total. The Morgan fingerprint density at radius 2 is 2.12 bits per heavy atom. The van der Waals surface area contributed by atoms with Crippen molar-refractivity contribution in [2.45, 2.75) is 83.5 Å². The van der Waals surface area contributed by atoms with Gasteiger partial charge in [-0.2, -0.15) is 0 Å². The molecule has 1 spiro atoms. The van der Waals surface area contributed by atoms with Crippen LogP contribution in [-0.2, 0) is 4.79 Å². The minimum Gasteiger partial charge on any atom is -0.323 e. The molecule has 1 aliphatic carbocycles. The maximum atomic E-state index is 12.3. The van der Waals surface area contributed by atoms with Crippen LogP contribution in [0.5, 0.6) is 0 Å². The van der Waals surface area contributed by atoms with Crippen LogP contribution in [0.4, 0.5) is 0 Å². The van der Waals surface area contributed by atoms with Crippen molar-refractivity contribution < 1.29 is 4.79 Å². The van der Waals surface area contributed by atoms with Crippen molar-refractivity contribution in [2.75, 3.05) is 0 Å². The van der Waals surface area contributed by atoms with Crippen molar-refractivity contribution >= 4 is 5.91 Å². The molecular formula is C14H26N2O. The lowest BCUT2D eigenvalue weighted by atomic mass is 10.1. The highest BCUT2D eigenvalue weighted by Gasteiger charge is 2.58. The van der Waals surface area contributed by atoms with Gasteiger partial charge in [0.2, 0.25) is 5.91 Å². The number of carbonyl (C=O) groups is 1. The predicted octanol–water partition coefficient (Wildman–Crippen LogP) is 2.66. The standard InChI is InChI=1S/C14H26N2O/c1-4-5-6-7-8-11(2)16-12(3)15-14(9-10-14)13(16)17/h11-12,15H,4-10H2,1-3H3. The van der Waals surface area contributed by atoms with E-state index in [0.717, 1.165) is 19.3 Å². The van der Waals surface area contributed by atoms with Gasteiger partial charge >= 0.3 is 0 Å². The van der Waals surface area contributed by atoms with Crippen LogP contribution < -0.4 is 5.32 Å². The van der Waals surface area contributed by atoms with Crippen LogP contribution >= 0.6 is 0 Å². The van der Waals surface area contributed by atoms with Crippen LogP contribution in [-0.4, -0.2) is 28.6 Å². The summed E-state index contributed by atoms with van der Waals surface area (Å²) >= 11 is 0. The third kappa shape index (κ3) is 2.49. The van der Waals surface area contributed by atoms with Gasteiger partial charge < -0.3 is 4.90 Å². The van der Waals surface area contributed by atoms with E-state index in [2.05, 4.69) is 31.0 Å². The minimum atomic E-state index is -0.142. The van der Waals surface area contributed by atoms with Crippen molar-refractivity contribution in [2.24, 2.45) is 0 Å². The fraction of sp³-hybridized carbons (Fsp3) is 0.929. The summed E-state index contributed by atoms with van der Waals surface area (Å²) < 4.78 is 0. The van der Waals surface area contributed by atoms with Crippen LogP contribution in [0, 0.1) is 0 Å². The zero-order valence-corrected chi connectivity index (χ0v) is 11.5. The van der Waals surface area contributed by atoms with Crippen molar-refractivity contribution in [3.63, 3.8) is 0 Å². The SMILES string of the molecule is CCCCCCC(C)N1C(=O)C2(CC2)NC1C. The molecule has 0 bridgehead atoms. The fourth-order valence-electron chi connectivity index (χ4n) is 3.02. The van der Waals surface area contributed by atoms with Crippen molar-refractivity contribution in [3.05, 3.63) is 0 Å². The normalized spacial score (nSPS) is 27.8. The summed E-state index contributed by atoms with van der Waals surface area (Å²) in [5.41, 5.74) is -0.142. The molecule has 2 atom stereocenters. The van der Waals surface area contributed by atoms with E-state index >= 15 is 0 Å². The Bertz CT molecular complexity index is 286. The van der Waals surface area contributed by atoms with Crippen LogP contribution in [0.2, 0.25) is 0 Å². The monoisotopic (exact) mass is 238 g/mol. The van der Waals surface area contributed by atoms with Crippen LogP contribution in [0.3, 0.4) is 0 Å². The second-order valence-corrected chi connectivity index (χ2v) is 5.81. The number of unbranched alkanes of at least 4 members (excludes halogenated alkanes) is 3. The summed E-state index contributed by atoms with van der Waals surface area (Å²) in [6.07, 6.45) is 8.59. The highest BCUT2D eigenvalue weighted by Crippen LogP contribution is 2.42. The van der Waals surface area contributed by atoms with E-state index in [1.54, 1.807) is 0 Å². The number of nitrogens with zero attached hydrogens (tertiary/aromatic N) is 1. The molecule has 0 aromatic heterocycles. The van der Waals surface area contributed by atoms with Gasteiger partial charge in [0.15, 0.2) is 0 Å². The average Bonchev–Trinajstić information content (AvgIpc) is 3.00. The molecule has 0 aromatic rings. The Balaban J connectivity index is 1.82. The van der Waals surface area contributed by atoms with Gasteiger partial charge in [0.25, 0.3) is 0 Å². The van der Waals surface area contributed by atoms with Gasteiger partial charge in [-0.15, -0.1) is 0 Å². The molecule has 1 saturated heterocycles. The summed E-state index contributed by atoms with van der Waals surface area (Å²) in [6.45, 7) is 6.55. The quantitative estimate of drug-likeness (QED) is 0.722. The molecule has 1 aliphatic heterocycles. The maximum absolute atomic E-state index is 12.3. The van der Waals surface area contributed by atoms with E-state index in [4.69, 9.17) is 0 Å². The van der Waals surface area contributed by atoms with Crippen LogP contribution in [0.15, 0.2) is 0 Å². The molecule has 17 heavy (non-hydrogen) atoms. The summed E-state index contributed by atoms with van der Waals surface area (Å²) in [5, 5.41) is 3.46. The van der Waals surface area contributed by atoms with Gasteiger partial charge in [-0.25, -0.2) is 0 Å².